The molecule has 3 aliphatic rings. The van der Waals surface area contributed by atoms with Gasteiger partial charge in [0.05, 0.1) is 16.9 Å². The Morgan fingerprint density at radius 3 is 2.58 bits per heavy atom. The van der Waals surface area contributed by atoms with Gasteiger partial charge in [0.15, 0.2) is 0 Å². The van der Waals surface area contributed by atoms with Gasteiger partial charge in [-0.05, 0) is 25.7 Å². The number of hydrogen-bond donors (Lipinski definition) is 2. The van der Waals surface area contributed by atoms with Gasteiger partial charge in [-0.25, -0.2) is 0 Å². The molecular weight excluding hydrogens is 328 g/mol. The topological polar surface area (TPSA) is 88.3 Å². The van der Waals surface area contributed by atoms with Gasteiger partial charge in [-0.2, -0.15) is 0 Å². The Hall–Kier alpha value is -2.37. The average Bonchev–Trinajstić information content (AvgIpc) is 3.17. The molecule has 2 aliphatic heterocycles. The van der Waals surface area contributed by atoms with Gasteiger partial charge in [-0.15, -0.1) is 0 Å². The number of fused-ring (bicyclic) bond motifs is 3. The summed E-state index contributed by atoms with van der Waals surface area (Å²) in [5.74, 6) is -0.155. The van der Waals surface area contributed by atoms with Crippen molar-refractivity contribution in [3.63, 3.8) is 0 Å². The predicted octanol–water partition coefficient (Wildman–Crippen LogP) is 2.34. The SMILES string of the molecule is CC(C)C(=O)N1[C@@H]2CC[C@H]1CC(Nc1c(C(N)=O)cnc3c1C=CC3)C2. The highest BCUT2D eigenvalue weighted by atomic mass is 16.2. The average molecular weight is 354 g/mol. The van der Waals surface area contributed by atoms with Crippen molar-refractivity contribution in [2.24, 2.45) is 11.7 Å². The number of piperidine rings is 1. The molecule has 6 nitrogen and oxygen atoms in total. The number of primary amides is 1. The van der Waals surface area contributed by atoms with Crippen LogP contribution in [0.1, 0.15) is 61.1 Å². The number of allylic oxidation sites excluding steroid dienone is 1. The third kappa shape index (κ3) is 2.77. The molecular formula is C20H26N4O2. The van der Waals surface area contributed by atoms with Crippen LogP contribution in [0, 0.1) is 5.92 Å². The van der Waals surface area contributed by atoms with E-state index < -0.39 is 5.91 Å². The van der Waals surface area contributed by atoms with Crippen LogP contribution in [0.3, 0.4) is 0 Å². The first-order chi connectivity index (χ1) is 12.5. The van der Waals surface area contributed by atoms with E-state index in [4.69, 9.17) is 5.73 Å². The van der Waals surface area contributed by atoms with Crippen LogP contribution in [-0.4, -0.2) is 39.8 Å². The largest absolute Gasteiger partial charge is 0.381 e. The van der Waals surface area contributed by atoms with Gasteiger partial charge in [0, 0.05) is 42.2 Å². The van der Waals surface area contributed by atoms with E-state index >= 15 is 0 Å². The molecule has 138 valence electrons. The van der Waals surface area contributed by atoms with Crippen molar-refractivity contribution < 1.29 is 9.59 Å². The lowest BCUT2D eigenvalue weighted by Crippen LogP contribution is -2.51. The Morgan fingerprint density at radius 2 is 1.96 bits per heavy atom. The molecule has 1 unspecified atom stereocenters. The highest BCUT2D eigenvalue weighted by molar-refractivity contribution is 6.00. The highest BCUT2D eigenvalue weighted by Crippen LogP contribution is 2.39. The van der Waals surface area contributed by atoms with Crippen molar-refractivity contribution in [2.45, 2.75) is 64.1 Å². The van der Waals surface area contributed by atoms with E-state index in [9.17, 15) is 9.59 Å². The van der Waals surface area contributed by atoms with Crippen molar-refractivity contribution in [2.75, 3.05) is 5.32 Å². The maximum Gasteiger partial charge on any atom is 0.252 e. The van der Waals surface area contributed by atoms with E-state index in [1.54, 1.807) is 6.20 Å². The smallest absolute Gasteiger partial charge is 0.252 e. The van der Waals surface area contributed by atoms with Gasteiger partial charge in [-0.1, -0.05) is 26.0 Å². The minimum Gasteiger partial charge on any atom is -0.381 e. The number of nitrogens with two attached hydrogens (primary N) is 1. The molecule has 0 saturated carbocycles. The van der Waals surface area contributed by atoms with Crippen molar-refractivity contribution in [1.82, 2.24) is 9.88 Å². The van der Waals surface area contributed by atoms with Crippen molar-refractivity contribution in [1.29, 1.82) is 0 Å². The molecule has 6 heteroatoms. The molecule has 3 atom stereocenters. The lowest BCUT2D eigenvalue weighted by molar-refractivity contribution is -0.139. The third-order valence-electron chi connectivity index (χ3n) is 5.89. The van der Waals surface area contributed by atoms with Gasteiger partial charge in [0.1, 0.15) is 0 Å². The second kappa shape index (κ2) is 6.41. The molecule has 2 amide bonds. The van der Waals surface area contributed by atoms with Crippen LogP contribution in [0.2, 0.25) is 0 Å². The molecule has 2 bridgehead atoms. The first kappa shape index (κ1) is 17.1. The van der Waals surface area contributed by atoms with Gasteiger partial charge < -0.3 is 16.0 Å². The van der Waals surface area contributed by atoms with Crippen LogP contribution in [0.25, 0.3) is 6.08 Å². The van der Waals surface area contributed by atoms with E-state index in [0.717, 1.165) is 49.0 Å². The fraction of sp³-hybridized carbons (Fsp3) is 0.550. The van der Waals surface area contributed by atoms with Crippen LogP contribution >= 0.6 is 0 Å². The van der Waals surface area contributed by atoms with E-state index in [1.165, 1.54) is 0 Å². The molecule has 2 fully saturated rings. The number of aromatic nitrogens is 1. The lowest BCUT2D eigenvalue weighted by Gasteiger charge is -2.40. The zero-order valence-electron chi connectivity index (χ0n) is 15.4. The minimum absolute atomic E-state index is 0.0395. The number of amides is 2. The summed E-state index contributed by atoms with van der Waals surface area (Å²) in [5, 5.41) is 3.59. The summed E-state index contributed by atoms with van der Waals surface area (Å²) in [6.07, 6.45) is 10.4. The van der Waals surface area contributed by atoms with Gasteiger partial charge in [0.2, 0.25) is 5.91 Å². The predicted molar refractivity (Wildman–Crippen MR) is 101 cm³/mol. The summed E-state index contributed by atoms with van der Waals surface area (Å²) >= 11 is 0. The number of nitrogens with one attached hydrogen (secondary N) is 1. The molecule has 1 aliphatic carbocycles. The summed E-state index contributed by atoms with van der Waals surface area (Å²) < 4.78 is 0. The summed E-state index contributed by atoms with van der Waals surface area (Å²) in [4.78, 5) is 30.9. The summed E-state index contributed by atoms with van der Waals surface area (Å²) in [7, 11) is 0. The zero-order valence-corrected chi connectivity index (χ0v) is 15.4. The van der Waals surface area contributed by atoms with Gasteiger partial charge in [-0.3, -0.25) is 14.6 Å². The number of anilines is 1. The van der Waals surface area contributed by atoms with Crippen LogP contribution < -0.4 is 11.1 Å². The molecule has 0 radical (unpaired) electrons. The van der Waals surface area contributed by atoms with Gasteiger partial charge >= 0.3 is 0 Å². The molecule has 1 aromatic rings. The van der Waals surface area contributed by atoms with Crippen molar-refractivity contribution >= 4 is 23.6 Å². The molecule has 3 N–H and O–H groups in total. The second-order valence-electron chi connectivity index (χ2n) is 7.98. The molecule has 4 rings (SSSR count). The summed E-state index contributed by atoms with van der Waals surface area (Å²) in [5.41, 5.74) is 8.80. The minimum atomic E-state index is -0.460. The van der Waals surface area contributed by atoms with Crippen molar-refractivity contribution in [3.05, 3.63) is 29.1 Å². The molecule has 0 aromatic carbocycles. The maximum absolute atomic E-state index is 12.5. The van der Waals surface area contributed by atoms with E-state index in [1.807, 2.05) is 19.9 Å². The van der Waals surface area contributed by atoms with E-state index in [-0.39, 0.29) is 17.9 Å². The number of pyridine rings is 1. The third-order valence-corrected chi connectivity index (χ3v) is 5.89. The number of hydrogen-bond acceptors (Lipinski definition) is 4. The van der Waals surface area contributed by atoms with Gasteiger partial charge in [0.25, 0.3) is 5.91 Å². The van der Waals surface area contributed by atoms with Crippen LogP contribution in [0.4, 0.5) is 5.69 Å². The number of carbonyl (C=O) groups excluding carboxylic acids is 2. The molecule has 0 spiro atoms. The molecule has 26 heavy (non-hydrogen) atoms. The van der Waals surface area contributed by atoms with E-state index in [0.29, 0.717) is 17.6 Å². The fourth-order valence-electron chi connectivity index (χ4n) is 4.70. The Labute approximate surface area is 153 Å². The summed E-state index contributed by atoms with van der Waals surface area (Å²) in [6.45, 7) is 3.94. The second-order valence-corrected chi connectivity index (χ2v) is 7.98. The first-order valence-corrected chi connectivity index (χ1v) is 9.52. The monoisotopic (exact) mass is 354 g/mol. The maximum atomic E-state index is 12.5. The lowest BCUT2D eigenvalue weighted by atomic mass is 9.94. The molecule has 3 heterocycles. The van der Waals surface area contributed by atoms with E-state index in [2.05, 4.69) is 21.3 Å². The standard InChI is InChI=1S/C20H26N4O2/c1-11(2)20(26)24-13-6-7-14(24)9-12(8-13)23-18-15-4-3-5-17(15)22-10-16(18)19(21)25/h3-4,10-14H,5-9H2,1-2H3,(H2,21,25)(H,22,23)/t12?,13-,14+. The zero-order chi connectivity index (χ0) is 18.4. The normalized spacial score (nSPS) is 26.3. The van der Waals surface area contributed by atoms with Crippen molar-refractivity contribution in [3.8, 4) is 0 Å². The molecule has 1 aromatic heterocycles. The highest BCUT2D eigenvalue weighted by Gasteiger charge is 2.43. The Kier molecular flexibility index (Phi) is 4.21. The number of carbonyl (C=O) groups is 2. The number of rotatable bonds is 4. The quantitative estimate of drug-likeness (QED) is 0.869. The Morgan fingerprint density at radius 1 is 1.27 bits per heavy atom. The Bertz CT molecular complexity index is 772. The van der Waals surface area contributed by atoms with Crippen LogP contribution in [-0.2, 0) is 11.2 Å². The number of nitrogens with zero attached hydrogens (tertiary/aromatic N) is 2. The van der Waals surface area contributed by atoms with Crippen LogP contribution in [0.15, 0.2) is 12.3 Å². The first-order valence-electron chi connectivity index (χ1n) is 9.52. The summed E-state index contributed by atoms with van der Waals surface area (Å²) in [6, 6.07) is 0.828. The fourth-order valence-corrected chi connectivity index (χ4v) is 4.70. The Balaban J connectivity index is 1.57. The molecule has 2 saturated heterocycles. The van der Waals surface area contributed by atoms with Crippen LogP contribution in [0.5, 0.6) is 0 Å².